The van der Waals surface area contributed by atoms with E-state index in [1.807, 2.05) is 31.2 Å². The molecule has 0 bridgehead atoms. The number of nitrogen functional groups attached to an aromatic ring is 2. The van der Waals surface area contributed by atoms with Crippen LogP contribution in [0.3, 0.4) is 0 Å². The number of carbonyl (C=O) groups excluding carboxylic acids is 2. The first-order valence-electron chi connectivity index (χ1n) is 11.0. The fourth-order valence-corrected chi connectivity index (χ4v) is 7.14. The standard InChI is InChI=1S/C24H24N4O4/c1-23-16-15-20(31-15)28(14-9-5-12(26)6-10-14)22(30)24(16,2)17(23)19(29)27(21-18(23)32-21)13-7-3-11(25)4-8-13/h3-10,15-18,20-21H,25-26H2,1-2H3. The lowest BCUT2D eigenvalue weighted by molar-refractivity contribution is -0.210. The van der Waals surface area contributed by atoms with Gasteiger partial charge in [0.2, 0.25) is 11.8 Å². The predicted molar refractivity (Wildman–Crippen MR) is 117 cm³/mol. The highest BCUT2D eigenvalue weighted by Gasteiger charge is 2.88. The topological polar surface area (TPSA) is 118 Å². The number of hydrogen-bond donors (Lipinski definition) is 2. The van der Waals surface area contributed by atoms with Crippen LogP contribution in [0.5, 0.6) is 0 Å². The van der Waals surface area contributed by atoms with Crippen LogP contribution in [0.15, 0.2) is 48.5 Å². The van der Waals surface area contributed by atoms with Gasteiger partial charge in [-0.3, -0.25) is 19.4 Å². The van der Waals surface area contributed by atoms with Crippen molar-refractivity contribution in [1.82, 2.24) is 0 Å². The molecule has 164 valence electrons. The van der Waals surface area contributed by atoms with Gasteiger partial charge in [-0.15, -0.1) is 0 Å². The summed E-state index contributed by atoms with van der Waals surface area (Å²) in [6.45, 7) is 4.02. The van der Waals surface area contributed by atoms with Gasteiger partial charge in [0, 0.05) is 34.1 Å². The highest BCUT2D eigenvalue weighted by molar-refractivity contribution is 6.09. The summed E-state index contributed by atoms with van der Waals surface area (Å²) in [6.07, 6.45) is -0.817. The van der Waals surface area contributed by atoms with E-state index in [0.29, 0.717) is 11.4 Å². The monoisotopic (exact) mass is 432 g/mol. The zero-order valence-corrected chi connectivity index (χ0v) is 17.8. The number of carbonyl (C=O) groups is 2. The molecule has 8 nitrogen and oxygen atoms in total. The van der Waals surface area contributed by atoms with Crippen LogP contribution in [-0.2, 0) is 19.1 Å². The van der Waals surface area contributed by atoms with Crippen molar-refractivity contribution in [2.24, 2.45) is 22.7 Å². The van der Waals surface area contributed by atoms with Crippen LogP contribution in [-0.4, -0.2) is 36.5 Å². The molecule has 0 aromatic heterocycles. The number of piperidine rings is 2. The van der Waals surface area contributed by atoms with Gasteiger partial charge in [0.25, 0.3) is 0 Å². The lowest BCUT2D eigenvalue weighted by atomic mass is 9.35. The third-order valence-corrected chi connectivity index (χ3v) is 8.46. The van der Waals surface area contributed by atoms with Gasteiger partial charge in [-0.1, -0.05) is 6.92 Å². The van der Waals surface area contributed by atoms with Crippen LogP contribution >= 0.6 is 0 Å². The third kappa shape index (κ3) is 1.92. The van der Waals surface area contributed by atoms with Crippen molar-refractivity contribution < 1.29 is 19.1 Å². The molecule has 4 saturated heterocycles. The SMILES string of the molecule is CC12C(=O)N(c3ccc(N)cc3)C3OC3C1C1(C)C3OC3N(c3ccc(N)cc3)C(=O)C21. The van der Waals surface area contributed by atoms with Crippen molar-refractivity contribution in [3.05, 3.63) is 48.5 Å². The van der Waals surface area contributed by atoms with Gasteiger partial charge < -0.3 is 20.9 Å². The van der Waals surface area contributed by atoms with E-state index in [1.54, 1.807) is 34.1 Å². The molecule has 1 saturated carbocycles. The van der Waals surface area contributed by atoms with Crippen LogP contribution in [0.25, 0.3) is 0 Å². The lowest BCUT2D eigenvalue weighted by Crippen LogP contribution is -2.79. The molecule has 4 heterocycles. The Morgan fingerprint density at radius 3 is 1.97 bits per heavy atom. The number of benzene rings is 2. The predicted octanol–water partition coefficient (Wildman–Crippen LogP) is 1.95. The van der Waals surface area contributed by atoms with Gasteiger partial charge in [0.05, 0.1) is 11.3 Å². The summed E-state index contributed by atoms with van der Waals surface area (Å²) in [6, 6.07) is 14.4. The molecule has 0 radical (unpaired) electrons. The summed E-state index contributed by atoms with van der Waals surface area (Å²) >= 11 is 0. The summed E-state index contributed by atoms with van der Waals surface area (Å²) in [5.74, 6) is -0.692. The van der Waals surface area contributed by atoms with Crippen molar-refractivity contribution in [1.29, 1.82) is 0 Å². The fraction of sp³-hybridized carbons (Fsp3) is 0.417. The minimum absolute atomic E-state index is 0.0601. The Morgan fingerprint density at radius 2 is 1.38 bits per heavy atom. The van der Waals surface area contributed by atoms with Gasteiger partial charge in [-0.2, -0.15) is 0 Å². The molecule has 2 aromatic rings. The molecule has 8 atom stereocenters. The Kier molecular flexibility index (Phi) is 3.14. The van der Waals surface area contributed by atoms with Gasteiger partial charge in [0.15, 0.2) is 12.5 Å². The number of rotatable bonds is 2. The second-order valence-electron chi connectivity index (χ2n) is 10.1. The van der Waals surface area contributed by atoms with Crippen molar-refractivity contribution in [3.63, 3.8) is 0 Å². The van der Waals surface area contributed by atoms with Crippen LogP contribution in [0.4, 0.5) is 22.7 Å². The number of nitrogens with zero attached hydrogens (tertiary/aromatic N) is 2. The summed E-state index contributed by atoms with van der Waals surface area (Å²) in [5.41, 5.74) is 13.1. The normalized spacial score (nSPS) is 42.9. The first-order valence-corrected chi connectivity index (χ1v) is 11.0. The van der Waals surface area contributed by atoms with E-state index in [4.69, 9.17) is 20.9 Å². The van der Waals surface area contributed by atoms with Crippen LogP contribution in [0, 0.1) is 22.7 Å². The largest absolute Gasteiger partial charge is 0.399 e. The molecule has 5 aliphatic rings. The fourth-order valence-electron chi connectivity index (χ4n) is 7.14. The van der Waals surface area contributed by atoms with E-state index < -0.39 is 16.7 Å². The Bertz CT molecular complexity index is 1180. The molecule has 4 aliphatic heterocycles. The molecule has 2 aromatic carbocycles. The second kappa shape index (κ2) is 5.44. The maximum Gasteiger partial charge on any atom is 0.236 e. The van der Waals surface area contributed by atoms with E-state index >= 15 is 0 Å². The highest BCUT2D eigenvalue weighted by Crippen LogP contribution is 2.77. The van der Waals surface area contributed by atoms with Crippen molar-refractivity contribution in [3.8, 4) is 0 Å². The molecule has 8 heteroatoms. The van der Waals surface area contributed by atoms with Gasteiger partial charge >= 0.3 is 0 Å². The summed E-state index contributed by atoms with van der Waals surface area (Å²) < 4.78 is 12.1. The average Bonchev–Trinajstić information content (AvgIpc) is 3.67. The molecule has 8 unspecified atom stereocenters. The molecular formula is C24H24N4O4. The molecule has 7 rings (SSSR count). The summed E-state index contributed by atoms with van der Waals surface area (Å²) in [7, 11) is 0. The smallest absolute Gasteiger partial charge is 0.236 e. The minimum Gasteiger partial charge on any atom is -0.399 e. The molecular weight excluding hydrogens is 408 g/mol. The minimum atomic E-state index is -0.867. The number of ether oxygens (including phenoxy) is 2. The zero-order chi connectivity index (χ0) is 22.2. The maximum absolute atomic E-state index is 14.0. The number of fused-ring (bicyclic) bond motifs is 8. The highest BCUT2D eigenvalue weighted by atomic mass is 16.6. The maximum atomic E-state index is 14.0. The third-order valence-electron chi connectivity index (χ3n) is 8.46. The Balaban J connectivity index is 1.30. The van der Waals surface area contributed by atoms with E-state index in [2.05, 4.69) is 6.92 Å². The molecule has 4 N–H and O–H groups in total. The number of amides is 2. The quantitative estimate of drug-likeness (QED) is 0.553. The second-order valence-corrected chi connectivity index (χ2v) is 10.1. The Labute approximate surface area is 185 Å². The molecule has 32 heavy (non-hydrogen) atoms. The summed E-state index contributed by atoms with van der Waals surface area (Å²) in [4.78, 5) is 31.3. The number of hydrogen-bond acceptors (Lipinski definition) is 6. The van der Waals surface area contributed by atoms with Crippen molar-refractivity contribution >= 4 is 34.6 Å². The molecule has 2 amide bonds. The molecule has 1 aliphatic carbocycles. The van der Waals surface area contributed by atoms with Crippen LogP contribution in [0.2, 0.25) is 0 Å². The van der Waals surface area contributed by atoms with Crippen LogP contribution < -0.4 is 21.3 Å². The Hall–Kier alpha value is -3.10. The van der Waals surface area contributed by atoms with Gasteiger partial charge in [-0.05, 0) is 55.5 Å². The number of nitrogens with two attached hydrogens (primary N) is 2. The zero-order valence-electron chi connectivity index (χ0n) is 17.8. The van der Waals surface area contributed by atoms with E-state index in [-0.39, 0.29) is 42.4 Å². The van der Waals surface area contributed by atoms with E-state index in [9.17, 15) is 9.59 Å². The van der Waals surface area contributed by atoms with Gasteiger partial charge in [0.1, 0.15) is 12.2 Å². The van der Waals surface area contributed by atoms with Gasteiger partial charge in [-0.25, -0.2) is 0 Å². The van der Waals surface area contributed by atoms with E-state index in [1.165, 1.54) is 0 Å². The first-order chi connectivity index (χ1) is 15.3. The average molecular weight is 432 g/mol. The Morgan fingerprint density at radius 1 is 0.812 bits per heavy atom. The van der Waals surface area contributed by atoms with Crippen molar-refractivity contribution in [2.45, 2.75) is 38.5 Å². The summed E-state index contributed by atoms with van der Waals surface area (Å²) in [5, 5.41) is 0. The van der Waals surface area contributed by atoms with E-state index in [0.717, 1.165) is 11.4 Å². The van der Waals surface area contributed by atoms with Crippen LogP contribution in [0.1, 0.15) is 13.8 Å². The first kappa shape index (κ1) is 18.5. The lowest BCUT2D eigenvalue weighted by Gasteiger charge is -2.67. The number of anilines is 4. The van der Waals surface area contributed by atoms with Crippen molar-refractivity contribution in [2.75, 3.05) is 21.3 Å². The molecule has 0 spiro atoms. The number of epoxide rings is 2. The molecule has 5 fully saturated rings.